The largest absolute Gasteiger partial charge is 0.507 e. The maximum Gasteiger partial charge on any atom is 0.507 e. The van der Waals surface area contributed by atoms with Gasteiger partial charge in [0.1, 0.15) is 6.29 Å². The van der Waals surface area contributed by atoms with E-state index in [0.29, 0.717) is 19.3 Å². The van der Waals surface area contributed by atoms with Gasteiger partial charge in [-0.15, -0.1) is 0 Å². The summed E-state index contributed by atoms with van der Waals surface area (Å²) in [5, 5.41) is 2.42. The van der Waals surface area contributed by atoms with E-state index in [9.17, 15) is 0 Å². The van der Waals surface area contributed by atoms with Gasteiger partial charge in [0, 0.05) is 26.4 Å². The summed E-state index contributed by atoms with van der Waals surface area (Å²) in [6, 6.07) is 15.3. The van der Waals surface area contributed by atoms with Crippen molar-refractivity contribution >= 4 is 19.6 Å². The van der Waals surface area contributed by atoms with Crippen molar-refractivity contribution < 1.29 is 18.0 Å². The van der Waals surface area contributed by atoms with Gasteiger partial charge in [0.15, 0.2) is 0 Å². The zero-order valence-corrected chi connectivity index (χ0v) is 15.4. The molecule has 2 aromatic carbocycles. The van der Waals surface area contributed by atoms with Crippen LogP contribution in [0.4, 0.5) is 0 Å². The fraction of sp³-hybridized carbons (Fsp3) is 0.444. The van der Waals surface area contributed by atoms with Crippen LogP contribution in [0.1, 0.15) is 26.3 Å². The quantitative estimate of drug-likeness (QED) is 0.514. The summed E-state index contributed by atoms with van der Waals surface area (Å²) >= 11 is 0. The molecule has 126 valence electrons. The molecule has 5 heteroatoms. The summed E-state index contributed by atoms with van der Waals surface area (Å²) in [5.41, 5.74) is 1.18. The molecule has 2 aromatic rings. The molecule has 0 saturated carbocycles. The van der Waals surface area contributed by atoms with Crippen molar-refractivity contribution in [2.45, 2.75) is 33.1 Å². The number of rotatable bonds is 9. The first-order valence-electron chi connectivity index (χ1n) is 8.09. The van der Waals surface area contributed by atoms with Gasteiger partial charge < -0.3 is 18.0 Å². The molecule has 0 amide bonds. The van der Waals surface area contributed by atoms with E-state index < -0.39 is 8.80 Å². The Balaban J connectivity index is 2.38. The lowest BCUT2D eigenvalue weighted by atomic mass is 10.1. The topological polar surface area (TPSA) is 36.9 Å². The molecule has 0 aliphatic heterocycles. The Labute approximate surface area is 139 Å². The molecule has 1 unspecified atom stereocenters. The fourth-order valence-corrected chi connectivity index (χ4v) is 5.44. The molecule has 0 fully saturated rings. The molecule has 4 nitrogen and oxygen atoms in total. The highest BCUT2D eigenvalue weighted by molar-refractivity contribution is 6.60. The Kier molecular flexibility index (Phi) is 6.74. The second kappa shape index (κ2) is 8.56. The third kappa shape index (κ3) is 4.62. The zero-order chi connectivity index (χ0) is 16.7. The molecule has 0 aliphatic rings. The monoisotopic (exact) mass is 334 g/mol. The van der Waals surface area contributed by atoms with Crippen molar-refractivity contribution in [2.24, 2.45) is 0 Å². The highest BCUT2D eigenvalue weighted by Gasteiger charge is 2.43. The Bertz CT molecular complexity index is 605. The summed E-state index contributed by atoms with van der Waals surface area (Å²) in [4.78, 5) is 0. The van der Waals surface area contributed by atoms with E-state index in [1.165, 1.54) is 16.3 Å². The summed E-state index contributed by atoms with van der Waals surface area (Å²) in [7, 11) is -1.24. The van der Waals surface area contributed by atoms with Crippen molar-refractivity contribution in [1.29, 1.82) is 0 Å². The number of ether oxygens (including phenoxy) is 1. The highest BCUT2D eigenvalue weighted by atomic mass is 28.4. The van der Waals surface area contributed by atoms with Crippen LogP contribution in [0, 0.1) is 0 Å². The van der Waals surface area contributed by atoms with Crippen LogP contribution >= 0.6 is 0 Å². The smallest absolute Gasteiger partial charge is 0.374 e. The van der Waals surface area contributed by atoms with E-state index in [1.54, 1.807) is 7.11 Å². The number of benzene rings is 2. The van der Waals surface area contributed by atoms with Crippen LogP contribution in [0.3, 0.4) is 0 Å². The van der Waals surface area contributed by atoms with Crippen LogP contribution in [-0.2, 0) is 24.1 Å². The number of hydrogen-bond acceptors (Lipinski definition) is 4. The van der Waals surface area contributed by atoms with Gasteiger partial charge in [-0.3, -0.25) is 0 Å². The van der Waals surface area contributed by atoms with Gasteiger partial charge in [-0.2, -0.15) is 0 Å². The standard InChI is InChI=1S/C18H26O4Si/c1-5-20-23(21-6-2,22-15(3)19-4)14-17-12-9-11-16-10-7-8-13-18(16)17/h7-13,15H,5-6,14H2,1-4H3. The Morgan fingerprint density at radius 1 is 0.957 bits per heavy atom. The zero-order valence-electron chi connectivity index (χ0n) is 14.4. The SMILES string of the molecule is CCO[Si](Cc1cccc2ccccc12)(OCC)OC(C)OC. The molecule has 0 bridgehead atoms. The lowest BCUT2D eigenvalue weighted by Gasteiger charge is -2.31. The van der Waals surface area contributed by atoms with Crippen molar-refractivity contribution in [2.75, 3.05) is 20.3 Å². The summed E-state index contributed by atoms with van der Waals surface area (Å²) in [6.45, 7) is 6.89. The van der Waals surface area contributed by atoms with Gasteiger partial charge in [-0.1, -0.05) is 42.5 Å². The van der Waals surface area contributed by atoms with Gasteiger partial charge in [0.05, 0.1) is 0 Å². The normalized spacial score (nSPS) is 13.4. The Morgan fingerprint density at radius 2 is 1.61 bits per heavy atom. The minimum Gasteiger partial charge on any atom is -0.374 e. The van der Waals surface area contributed by atoms with Crippen molar-refractivity contribution in [3.63, 3.8) is 0 Å². The average Bonchev–Trinajstić information content (AvgIpc) is 2.55. The maximum atomic E-state index is 6.09. The summed E-state index contributed by atoms with van der Waals surface area (Å²) in [6.07, 6.45) is -0.366. The van der Waals surface area contributed by atoms with Gasteiger partial charge in [-0.05, 0) is 37.1 Å². The third-order valence-corrected chi connectivity index (χ3v) is 6.65. The van der Waals surface area contributed by atoms with Gasteiger partial charge in [0.2, 0.25) is 0 Å². The van der Waals surface area contributed by atoms with E-state index >= 15 is 0 Å². The highest BCUT2D eigenvalue weighted by Crippen LogP contribution is 2.25. The lowest BCUT2D eigenvalue weighted by Crippen LogP contribution is -2.51. The average molecular weight is 334 g/mol. The fourth-order valence-electron chi connectivity index (χ4n) is 2.67. The molecule has 0 spiro atoms. The molecule has 23 heavy (non-hydrogen) atoms. The lowest BCUT2D eigenvalue weighted by molar-refractivity contribution is -0.0889. The molecule has 0 radical (unpaired) electrons. The molecular weight excluding hydrogens is 308 g/mol. The van der Waals surface area contributed by atoms with Gasteiger partial charge in [-0.25, -0.2) is 0 Å². The van der Waals surface area contributed by atoms with Crippen molar-refractivity contribution in [1.82, 2.24) is 0 Å². The minimum absolute atomic E-state index is 0.366. The number of methoxy groups -OCH3 is 1. The predicted octanol–water partition coefficient (Wildman–Crippen LogP) is 3.94. The van der Waals surface area contributed by atoms with Crippen LogP contribution in [0.2, 0.25) is 0 Å². The molecule has 0 saturated heterocycles. The first kappa shape index (κ1) is 18.1. The maximum absolute atomic E-state index is 6.09. The van der Waals surface area contributed by atoms with Crippen LogP contribution in [0.15, 0.2) is 42.5 Å². The second-order valence-corrected chi connectivity index (χ2v) is 7.82. The van der Waals surface area contributed by atoms with Crippen molar-refractivity contribution in [3.05, 3.63) is 48.0 Å². The minimum atomic E-state index is -2.86. The number of fused-ring (bicyclic) bond motifs is 1. The van der Waals surface area contributed by atoms with E-state index in [4.69, 9.17) is 18.0 Å². The Morgan fingerprint density at radius 3 is 2.26 bits per heavy atom. The molecule has 0 aliphatic carbocycles. The van der Waals surface area contributed by atoms with E-state index in [-0.39, 0.29) is 6.29 Å². The number of hydrogen-bond donors (Lipinski definition) is 0. The van der Waals surface area contributed by atoms with Crippen LogP contribution in [-0.4, -0.2) is 35.4 Å². The molecule has 2 rings (SSSR count). The summed E-state index contributed by atoms with van der Waals surface area (Å²) < 4.78 is 23.4. The van der Waals surface area contributed by atoms with Crippen LogP contribution in [0.25, 0.3) is 10.8 Å². The first-order valence-corrected chi connectivity index (χ1v) is 10.0. The predicted molar refractivity (Wildman–Crippen MR) is 94.2 cm³/mol. The van der Waals surface area contributed by atoms with Crippen LogP contribution < -0.4 is 0 Å². The van der Waals surface area contributed by atoms with E-state index in [1.807, 2.05) is 26.8 Å². The molecule has 1 atom stereocenters. The first-order chi connectivity index (χ1) is 11.1. The van der Waals surface area contributed by atoms with Crippen LogP contribution in [0.5, 0.6) is 0 Å². The van der Waals surface area contributed by atoms with Gasteiger partial charge in [0.25, 0.3) is 0 Å². The molecule has 0 aromatic heterocycles. The second-order valence-electron chi connectivity index (χ2n) is 5.29. The third-order valence-electron chi connectivity index (χ3n) is 3.69. The van der Waals surface area contributed by atoms with Gasteiger partial charge >= 0.3 is 8.80 Å². The van der Waals surface area contributed by atoms with Crippen molar-refractivity contribution in [3.8, 4) is 0 Å². The molecular formula is C18H26O4Si. The van der Waals surface area contributed by atoms with E-state index in [2.05, 4.69) is 36.4 Å². The summed E-state index contributed by atoms with van der Waals surface area (Å²) in [5.74, 6) is 0. The Hall–Kier alpha value is -1.24. The van der Waals surface area contributed by atoms with E-state index in [0.717, 1.165) is 0 Å². The molecule has 0 N–H and O–H groups in total. The molecule has 0 heterocycles.